The second kappa shape index (κ2) is 32.3. The number of aliphatic hydroxyl groups is 4. The maximum Gasteiger partial charge on any atom is 0.0900 e. The van der Waals surface area contributed by atoms with Crippen LogP contribution in [0.5, 0.6) is 0 Å². The SMILES string of the molecule is OC1COCCOCCOCC(O)CN2CCOCCN(CCOCC2)CC(O)COCCOCCOCC(O)CN2CCOCCN(CCOCC2)C1. The lowest BCUT2D eigenvalue weighted by atomic mass is 10.3. The minimum Gasteiger partial charge on any atom is -0.389 e. The Labute approximate surface area is 322 Å². The van der Waals surface area contributed by atoms with Crippen LogP contribution in [0.2, 0.25) is 0 Å². The van der Waals surface area contributed by atoms with Gasteiger partial charge in [-0.05, 0) is 0 Å². The predicted molar refractivity (Wildman–Crippen MR) is 198 cm³/mol. The largest absolute Gasteiger partial charge is 0.389 e. The smallest absolute Gasteiger partial charge is 0.0900 e. The van der Waals surface area contributed by atoms with Gasteiger partial charge in [0, 0.05) is 78.5 Å². The molecule has 4 N–H and O–H groups in total. The Morgan fingerprint density at radius 2 is 0.407 bits per heavy atom. The minimum atomic E-state index is -0.655. The minimum absolute atomic E-state index is 0.197. The normalized spacial score (nSPS) is 34.9. The van der Waals surface area contributed by atoms with E-state index in [9.17, 15) is 20.4 Å². The van der Waals surface area contributed by atoms with Gasteiger partial charge in [-0.25, -0.2) is 0 Å². The number of aliphatic hydroxyl groups excluding tert-OH is 4. The van der Waals surface area contributed by atoms with Crippen molar-refractivity contribution in [2.45, 2.75) is 24.4 Å². The third-order valence-electron chi connectivity index (χ3n) is 9.02. The molecule has 6 fully saturated rings. The first-order valence-corrected chi connectivity index (χ1v) is 19.9. The van der Waals surface area contributed by atoms with Crippen LogP contribution in [0.1, 0.15) is 0 Å². The van der Waals surface area contributed by atoms with Crippen LogP contribution in [-0.4, -0.2) is 275 Å². The second-order valence-corrected chi connectivity index (χ2v) is 13.8. The Balaban J connectivity index is 1.42. The lowest BCUT2D eigenvalue weighted by molar-refractivity contribution is -0.0398. The zero-order valence-electron chi connectivity index (χ0n) is 32.6. The zero-order valence-corrected chi connectivity index (χ0v) is 32.6. The fourth-order valence-corrected chi connectivity index (χ4v) is 6.09. The first-order chi connectivity index (χ1) is 26.5. The van der Waals surface area contributed by atoms with Gasteiger partial charge in [-0.3, -0.25) is 19.6 Å². The van der Waals surface area contributed by atoms with Crippen molar-refractivity contribution in [3.63, 3.8) is 0 Å². The third kappa shape index (κ3) is 25.5. The Morgan fingerprint density at radius 1 is 0.241 bits per heavy atom. The van der Waals surface area contributed by atoms with Gasteiger partial charge in [0.1, 0.15) is 0 Å². The highest BCUT2D eigenvalue weighted by Crippen LogP contribution is 2.02. The zero-order chi connectivity index (χ0) is 38.3. The van der Waals surface area contributed by atoms with Crippen LogP contribution in [0.3, 0.4) is 0 Å². The van der Waals surface area contributed by atoms with Gasteiger partial charge in [-0.1, -0.05) is 0 Å². The van der Waals surface area contributed by atoms with Gasteiger partial charge in [0.15, 0.2) is 0 Å². The first kappa shape index (κ1) is 47.7. The molecule has 0 aromatic carbocycles. The Hall–Kier alpha value is -0.720. The molecular weight excluding hydrogens is 712 g/mol. The highest BCUT2D eigenvalue weighted by Gasteiger charge is 2.18. The van der Waals surface area contributed by atoms with Crippen LogP contribution in [0.25, 0.3) is 0 Å². The molecule has 18 nitrogen and oxygen atoms in total. The molecule has 6 saturated heterocycles. The topological polar surface area (TPSA) is 186 Å². The molecule has 6 rings (SSSR count). The fourth-order valence-electron chi connectivity index (χ4n) is 6.09. The Morgan fingerprint density at radius 3 is 0.611 bits per heavy atom. The third-order valence-corrected chi connectivity index (χ3v) is 9.02. The molecule has 0 saturated carbocycles. The molecule has 18 heteroatoms. The van der Waals surface area contributed by atoms with Crippen molar-refractivity contribution in [3.8, 4) is 0 Å². The molecule has 4 bridgehead atoms. The molecule has 0 radical (unpaired) electrons. The average Bonchev–Trinajstić information content (AvgIpc) is 3.13. The average molecular weight is 785 g/mol. The van der Waals surface area contributed by atoms with E-state index in [1.54, 1.807) is 0 Å². The van der Waals surface area contributed by atoms with E-state index >= 15 is 0 Å². The van der Waals surface area contributed by atoms with E-state index in [1.807, 2.05) is 0 Å². The number of hydrogen-bond donors (Lipinski definition) is 4. The summed E-state index contributed by atoms with van der Waals surface area (Å²) in [6.07, 6.45) is -2.62. The summed E-state index contributed by atoms with van der Waals surface area (Å²) in [6, 6.07) is 0. The van der Waals surface area contributed by atoms with E-state index in [0.717, 1.165) is 0 Å². The van der Waals surface area contributed by atoms with Crippen molar-refractivity contribution in [1.29, 1.82) is 0 Å². The Kier molecular flexibility index (Phi) is 28.5. The van der Waals surface area contributed by atoms with E-state index in [4.69, 9.17) is 47.4 Å². The van der Waals surface area contributed by atoms with E-state index in [-0.39, 0.29) is 26.4 Å². The maximum atomic E-state index is 10.6. The molecule has 4 unspecified atom stereocenters. The number of hydrogen-bond acceptors (Lipinski definition) is 18. The van der Waals surface area contributed by atoms with Crippen LogP contribution in [0.15, 0.2) is 0 Å². The summed E-state index contributed by atoms with van der Waals surface area (Å²) in [5, 5.41) is 42.3. The van der Waals surface area contributed by atoms with Crippen molar-refractivity contribution >= 4 is 0 Å². The standard InChI is InChI=1S/C36H72N4O14/c41-33-25-37-1-9-45-11-3-38(4-12-46-10-2-37)26-34(42)30-52-23-19-50-20-24-54-32-36(44)28-40-7-15-47-13-5-39(6-14-48-16-8-40)27-35(43)31-53-22-18-49-17-21-51-29-33/h33-36,41-44H,1-32H2. The van der Waals surface area contributed by atoms with Crippen LogP contribution in [0.4, 0.5) is 0 Å². The van der Waals surface area contributed by atoms with Gasteiger partial charge in [0.25, 0.3) is 0 Å². The van der Waals surface area contributed by atoms with E-state index in [1.165, 1.54) is 0 Å². The molecule has 6 aliphatic rings. The summed E-state index contributed by atoms with van der Waals surface area (Å²) in [6.45, 7) is 14.9. The molecule has 0 amide bonds. The van der Waals surface area contributed by atoms with Gasteiger partial charge < -0.3 is 67.8 Å². The number of nitrogens with zero attached hydrogens (tertiary/aromatic N) is 4. The first-order valence-electron chi connectivity index (χ1n) is 19.9. The fraction of sp³-hybridized carbons (Fsp3) is 1.00. The van der Waals surface area contributed by atoms with Crippen LogP contribution in [0, 0.1) is 0 Å². The van der Waals surface area contributed by atoms with Crippen molar-refractivity contribution in [3.05, 3.63) is 0 Å². The molecule has 0 spiro atoms. The lowest BCUT2D eigenvalue weighted by Crippen LogP contribution is -2.42. The van der Waals surface area contributed by atoms with Crippen LogP contribution >= 0.6 is 0 Å². The molecule has 0 aromatic rings. The Bertz CT molecular complexity index is 707. The summed E-state index contributed by atoms with van der Waals surface area (Å²) >= 11 is 0. The van der Waals surface area contributed by atoms with Crippen LogP contribution < -0.4 is 0 Å². The molecule has 320 valence electrons. The highest BCUT2D eigenvalue weighted by atomic mass is 16.6. The summed E-state index contributed by atoms with van der Waals surface area (Å²) in [7, 11) is 0. The van der Waals surface area contributed by atoms with Gasteiger partial charge in [-0.15, -0.1) is 0 Å². The summed E-state index contributed by atoms with van der Waals surface area (Å²) in [5.74, 6) is 0. The molecule has 4 atom stereocenters. The highest BCUT2D eigenvalue weighted by molar-refractivity contribution is 4.70. The summed E-state index contributed by atoms with van der Waals surface area (Å²) in [4.78, 5) is 8.46. The summed E-state index contributed by atoms with van der Waals surface area (Å²) in [5.41, 5.74) is 0. The number of ether oxygens (including phenoxy) is 10. The van der Waals surface area contributed by atoms with Crippen molar-refractivity contribution in [1.82, 2.24) is 19.6 Å². The second-order valence-electron chi connectivity index (χ2n) is 13.8. The van der Waals surface area contributed by atoms with Gasteiger partial charge in [0.05, 0.1) is 157 Å². The van der Waals surface area contributed by atoms with Gasteiger partial charge in [0.2, 0.25) is 0 Å². The monoisotopic (exact) mass is 785 g/mol. The van der Waals surface area contributed by atoms with Crippen molar-refractivity contribution in [2.75, 3.05) is 211 Å². The van der Waals surface area contributed by atoms with Gasteiger partial charge in [-0.2, -0.15) is 0 Å². The molecule has 6 aliphatic heterocycles. The van der Waals surface area contributed by atoms with Crippen molar-refractivity contribution < 1.29 is 67.8 Å². The maximum absolute atomic E-state index is 10.6. The van der Waals surface area contributed by atoms with E-state index in [0.29, 0.717) is 184 Å². The lowest BCUT2D eigenvalue weighted by Gasteiger charge is -2.28. The molecule has 0 aliphatic carbocycles. The quantitative estimate of drug-likeness (QED) is 0.193. The van der Waals surface area contributed by atoms with Crippen molar-refractivity contribution in [2.24, 2.45) is 0 Å². The summed E-state index contributed by atoms with van der Waals surface area (Å²) < 4.78 is 57.3. The molecule has 54 heavy (non-hydrogen) atoms. The molecule has 0 aromatic heterocycles. The van der Waals surface area contributed by atoms with E-state index in [2.05, 4.69) is 19.6 Å². The predicted octanol–water partition coefficient (Wildman–Crippen LogP) is -3.16. The van der Waals surface area contributed by atoms with Crippen LogP contribution in [-0.2, 0) is 47.4 Å². The van der Waals surface area contributed by atoms with Gasteiger partial charge >= 0.3 is 0 Å². The molecule has 6 heterocycles. The number of rotatable bonds is 0. The molecular formula is C36H72N4O14. The van der Waals surface area contributed by atoms with E-state index < -0.39 is 24.4 Å².